The Morgan fingerprint density at radius 1 is 1.40 bits per heavy atom. The Bertz CT molecular complexity index is 699. The van der Waals surface area contributed by atoms with E-state index >= 15 is 0 Å². The third-order valence-corrected chi connectivity index (χ3v) is 3.08. The number of fused-ring (bicyclic) bond motifs is 1. The predicted octanol–water partition coefficient (Wildman–Crippen LogP) is 1.28. The fraction of sp³-hybridized carbons (Fsp3) is 0.357. The summed E-state index contributed by atoms with van der Waals surface area (Å²) in [5.74, 6) is 0. The van der Waals surface area contributed by atoms with Crippen LogP contribution in [0.3, 0.4) is 0 Å². The summed E-state index contributed by atoms with van der Waals surface area (Å²) in [6.07, 6.45) is 1.65. The quantitative estimate of drug-likeness (QED) is 0.767. The predicted molar refractivity (Wildman–Crippen MR) is 73.1 cm³/mol. The number of nitriles is 1. The molecule has 0 bridgehead atoms. The minimum atomic E-state index is -0.371. The summed E-state index contributed by atoms with van der Waals surface area (Å²) < 4.78 is 11.8. The maximum Gasteiger partial charge on any atom is 0.251 e. The Hall–Kier alpha value is -2.23. The van der Waals surface area contributed by atoms with Gasteiger partial charge in [0, 0.05) is 39.4 Å². The molecule has 0 spiro atoms. The number of ether oxygens (including phenoxy) is 2. The van der Waals surface area contributed by atoms with Gasteiger partial charge in [-0.15, -0.1) is 0 Å². The second-order valence-corrected chi connectivity index (χ2v) is 4.25. The van der Waals surface area contributed by atoms with E-state index in [9.17, 15) is 4.79 Å². The summed E-state index contributed by atoms with van der Waals surface area (Å²) in [4.78, 5) is 16.2. The molecule has 2 aromatic rings. The van der Waals surface area contributed by atoms with E-state index in [4.69, 9.17) is 14.7 Å². The smallest absolute Gasteiger partial charge is 0.251 e. The lowest BCUT2D eigenvalue weighted by Crippen LogP contribution is -2.23. The summed E-state index contributed by atoms with van der Waals surface area (Å²) in [7, 11) is 3.10. The number of aryl methyl sites for hydroxylation is 1. The van der Waals surface area contributed by atoms with Crippen molar-refractivity contribution in [3.05, 3.63) is 40.3 Å². The summed E-state index contributed by atoms with van der Waals surface area (Å²) in [5.41, 5.74) is 1.60. The van der Waals surface area contributed by atoms with Crippen molar-refractivity contribution < 1.29 is 9.47 Å². The lowest BCUT2D eigenvalue weighted by molar-refractivity contribution is -0.107. The molecule has 6 nitrogen and oxygen atoms in total. The molecular weight excluding hydrogens is 258 g/mol. The highest BCUT2D eigenvalue weighted by atomic mass is 16.7. The Labute approximate surface area is 116 Å². The highest BCUT2D eigenvalue weighted by Gasteiger charge is 2.09. The Morgan fingerprint density at radius 3 is 2.80 bits per heavy atom. The molecule has 2 rings (SSSR count). The minimum Gasteiger partial charge on any atom is -0.356 e. The normalized spacial score (nSPS) is 10.9. The zero-order valence-corrected chi connectivity index (χ0v) is 11.4. The lowest BCUT2D eigenvalue weighted by atomic mass is 10.2. The van der Waals surface area contributed by atoms with Gasteiger partial charge in [0.25, 0.3) is 5.56 Å². The molecule has 0 N–H and O–H groups in total. The standard InChI is InChI=1S/C14H15N3O3/c1-19-14(20-2)5-6-17-12-7-10(8-15)9-16-11(12)3-4-13(17)18/h3-4,7,9,14H,5-6H2,1-2H3. The van der Waals surface area contributed by atoms with Crippen LogP contribution in [0, 0.1) is 11.3 Å². The monoisotopic (exact) mass is 273 g/mol. The SMILES string of the molecule is COC(CCn1c(=O)ccc2ncc(C#N)cc21)OC. The summed E-state index contributed by atoms with van der Waals surface area (Å²) in [6.45, 7) is 0.430. The minimum absolute atomic E-state index is 0.139. The zero-order valence-electron chi connectivity index (χ0n) is 11.4. The lowest BCUT2D eigenvalue weighted by Gasteiger charge is -2.15. The van der Waals surface area contributed by atoms with E-state index < -0.39 is 0 Å². The van der Waals surface area contributed by atoms with Crippen LogP contribution >= 0.6 is 0 Å². The molecule has 0 unspecified atom stereocenters. The van der Waals surface area contributed by atoms with E-state index in [0.717, 1.165) is 0 Å². The van der Waals surface area contributed by atoms with Crippen LogP contribution < -0.4 is 5.56 Å². The van der Waals surface area contributed by atoms with Crippen molar-refractivity contribution in [3.63, 3.8) is 0 Å². The van der Waals surface area contributed by atoms with Gasteiger partial charge in [-0.3, -0.25) is 9.78 Å². The fourth-order valence-corrected chi connectivity index (χ4v) is 2.03. The molecule has 104 valence electrons. The molecule has 0 radical (unpaired) electrons. The molecule has 0 saturated carbocycles. The van der Waals surface area contributed by atoms with Crippen molar-refractivity contribution in [2.75, 3.05) is 14.2 Å². The molecule has 0 aliphatic carbocycles. The highest BCUT2D eigenvalue weighted by Crippen LogP contribution is 2.12. The number of rotatable bonds is 5. The topological polar surface area (TPSA) is 77.1 Å². The molecule has 6 heteroatoms. The van der Waals surface area contributed by atoms with E-state index in [1.54, 1.807) is 30.9 Å². The molecule has 0 amide bonds. The Morgan fingerprint density at radius 2 is 2.15 bits per heavy atom. The number of hydrogen-bond acceptors (Lipinski definition) is 5. The first-order valence-electron chi connectivity index (χ1n) is 6.15. The van der Waals surface area contributed by atoms with Gasteiger partial charge in [0.1, 0.15) is 6.07 Å². The van der Waals surface area contributed by atoms with Gasteiger partial charge in [-0.2, -0.15) is 5.26 Å². The number of aromatic nitrogens is 2. The van der Waals surface area contributed by atoms with Crippen LogP contribution in [0.5, 0.6) is 0 Å². The van der Waals surface area contributed by atoms with Crippen LogP contribution in [0.2, 0.25) is 0 Å². The molecule has 2 aromatic heterocycles. The van der Waals surface area contributed by atoms with Gasteiger partial charge < -0.3 is 14.0 Å². The molecule has 0 aromatic carbocycles. The van der Waals surface area contributed by atoms with Crippen molar-refractivity contribution in [2.24, 2.45) is 0 Å². The third kappa shape index (κ3) is 2.85. The van der Waals surface area contributed by atoms with Crippen LogP contribution in [0.1, 0.15) is 12.0 Å². The van der Waals surface area contributed by atoms with Crippen molar-refractivity contribution in [3.8, 4) is 6.07 Å². The molecule has 0 atom stereocenters. The van der Waals surface area contributed by atoms with Gasteiger partial charge in [0.05, 0.1) is 16.6 Å². The average Bonchev–Trinajstić information content (AvgIpc) is 2.49. The van der Waals surface area contributed by atoms with E-state index in [1.165, 1.54) is 12.3 Å². The molecule has 0 aliphatic rings. The highest BCUT2D eigenvalue weighted by molar-refractivity contribution is 5.75. The molecule has 20 heavy (non-hydrogen) atoms. The maximum atomic E-state index is 12.0. The van der Waals surface area contributed by atoms with Gasteiger partial charge in [0.15, 0.2) is 6.29 Å². The number of methoxy groups -OCH3 is 2. The number of hydrogen-bond donors (Lipinski definition) is 0. The first kappa shape index (κ1) is 14.2. The summed E-state index contributed by atoms with van der Waals surface area (Å²) >= 11 is 0. The van der Waals surface area contributed by atoms with Crippen molar-refractivity contribution in [1.29, 1.82) is 5.26 Å². The van der Waals surface area contributed by atoms with E-state index in [1.807, 2.05) is 6.07 Å². The van der Waals surface area contributed by atoms with Gasteiger partial charge in [-0.25, -0.2) is 0 Å². The molecule has 2 heterocycles. The largest absolute Gasteiger partial charge is 0.356 e. The van der Waals surface area contributed by atoms with Crippen molar-refractivity contribution >= 4 is 11.0 Å². The van der Waals surface area contributed by atoms with Gasteiger partial charge in [-0.05, 0) is 12.1 Å². The van der Waals surface area contributed by atoms with E-state index in [-0.39, 0.29) is 11.8 Å². The molecule has 0 aliphatic heterocycles. The van der Waals surface area contributed by atoms with Crippen LogP contribution in [0.25, 0.3) is 11.0 Å². The van der Waals surface area contributed by atoms with Crippen molar-refractivity contribution in [2.45, 2.75) is 19.3 Å². The molecule has 0 fully saturated rings. The molecular formula is C14H15N3O3. The first-order valence-corrected chi connectivity index (χ1v) is 6.15. The number of nitrogens with zero attached hydrogens (tertiary/aromatic N) is 3. The molecule has 0 saturated heterocycles. The summed E-state index contributed by atoms with van der Waals surface area (Å²) in [5, 5.41) is 8.93. The fourth-order valence-electron chi connectivity index (χ4n) is 2.03. The van der Waals surface area contributed by atoms with E-state index in [0.29, 0.717) is 29.6 Å². The van der Waals surface area contributed by atoms with Crippen LogP contribution in [0.4, 0.5) is 0 Å². The second-order valence-electron chi connectivity index (χ2n) is 4.25. The third-order valence-electron chi connectivity index (χ3n) is 3.08. The first-order chi connectivity index (χ1) is 9.69. The van der Waals surface area contributed by atoms with Gasteiger partial charge >= 0.3 is 0 Å². The second kappa shape index (κ2) is 6.28. The average molecular weight is 273 g/mol. The van der Waals surface area contributed by atoms with E-state index in [2.05, 4.69) is 4.98 Å². The van der Waals surface area contributed by atoms with Gasteiger partial charge in [-0.1, -0.05) is 0 Å². The van der Waals surface area contributed by atoms with Crippen LogP contribution in [-0.4, -0.2) is 30.1 Å². The maximum absolute atomic E-state index is 12.0. The Balaban J connectivity index is 2.42. The zero-order chi connectivity index (χ0) is 14.5. The number of pyridine rings is 2. The summed E-state index contributed by atoms with van der Waals surface area (Å²) in [6, 6.07) is 6.81. The Kier molecular flexibility index (Phi) is 4.45. The van der Waals surface area contributed by atoms with Crippen LogP contribution in [0.15, 0.2) is 29.2 Å². The van der Waals surface area contributed by atoms with Crippen molar-refractivity contribution in [1.82, 2.24) is 9.55 Å². The van der Waals surface area contributed by atoms with Crippen LogP contribution in [-0.2, 0) is 16.0 Å². The van der Waals surface area contributed by atoms with Gasteiger partial charge in [0.2, 0.25) is 0 Å².